The molecule has 9 heteroatoms. The van der Waals surface area contributed by atoms with Crippen molar-refractivity contribution in [1.29, 1.82) is 0 Å². The van der Waals surface area contributed by atoms with E-state index in [-0.39, 0.29) is 5.70 Å². The van der Waals surface area contributed by atoms with Gasteiger partial charge in [0.05, 0.1) is 18.9 Å². The van der Waals surface area contributed by atoms with Crippen LogP contribution in [0.2, 0.25) is 0 Å². The monoisotopic (exact) mass is 388 g/mol. The zero-order chi connectivity index (χ0) is 19.9. The van der Waals surface area contributed by atoms with E-state index < -0.39 is 11.9 Å². The lowest BCUT2D eigenvalue weighted by molar-refractivity contribution is -0.115. The number of piperidine rings is 1. The third kappa shape index (κ3) is 4.85. The molecule has 0 aliphatic carbocycles. The summed E-state index contributed by atoms with van der Waals surface area (Å²) in [6, 6.07) is 1.80. The molecule has 0 saturated carbocycles. The second-order valence-corrected chi connectivity index (χ2v) is 6.61. The summed E-state index contributed by atoms with van der Waals surface area (Å²) in [5.74, 6) is 0.214. The molecule has 4 rings (SSSR count). The smallest absolute Gasteiger partial charge is 0.326 e. The SMILES string of the molecule is CC.O=C1NC(=O)/C(=C/c2ccnc(N3CCC(N4CCOCC4)CC3)n2)N1. The molecule has 3 fully saturated rings. The van der Waals surface area contributed by atoms with Crippen LogP contribution in [0.15, 0.2) is 18.0 Å². The number of morpholine rings is 1. The molecule has 1 aromatic rings. The van der Waals surface area contributed by atoms with E-state index in [1.807, 2.05) is 13.8 Å². The van der Waals surface area contributed by atoms with E-state index in [4.69, 9.17) is 4.74 Å². The molecule has 3 amide bonds. The Morgan fingerprint density at radius 2 is 1.82 bits per heavy atom. The van der Waals surface area contributed by atoms with E-state index in [1.165, 1.54) is 0 Å². The number of carbonyl (C=O) groups is 2. The van der Waals surface area contributed by atoms with Crippen molar-refractivity contribution in [2.24, 2.45) is 0 Å². The molecule has 9 nitrogen and oxygen atoms in total. The van der Waals surface area contributed by atoms with Gasteiger partial charge in [0.15, 0.2) is 0 Å². The lowest BCUT2D eigenvalue weighted by Gasteiger charge is -2.40. The van der Waals surface area contributed by atoms with Crippen LogP contribution in [-0.4, -0.2) is 72.2 Å². The Labute approximate surface area is 165 Å². The first-order chi connectivity index (χ1) is 13.7. The molecule has 0 aromatic carbocycles. The molecule has 0 unspecified atom stereocenters. The highest BCUT2D eigenvalue weighted by molar-refractivity contribution is 6.13. The summed E-state index contributed by atoms with van der Waals surface area (Å²) >= 11 is 0. The van der Waals surface area contributed by atoms with Crippen molar-refractivity contribution >= 4 is 24.0 Å². The van der Waals surface area contributed by atoms with Gasteiger partial charge in [0.2, 0.25) is 5.95 Å². The van der Waals surface area contributed by atoms with E-state index in [2.05, 4.69) is 30.4 Å². The van der Waals surface area contributed by atoms with Crippen molar-refractivity contribution in [3.63, 3.8) is 0 Å². The molecule has 28 heavy (non-hydrogen) atoms. The van der Waals surface area contributed by atoms with Gasteiger partial charge in [-0.25, -0.2) is 14.8 Å². The minimum absolute atomic E-state index is 0.200. The normalized spacial score (nSPS) is 22.5. The van der Waals surface area contributed by atoms with Gasteiger partial charge in [0.1, 0.15) is 5.70 Å². The van der Waals surface area contributed by atoms with Gasteiger partial charge in [-0.2, -0.15) is 0 Å². The topological polar surface area (TPSA) is 99.7 Å². The number of urea groups is 1. The quantitative estimate of drug-likeness (QED) is 0.588. The summed E-state index contributed by atoms with van der Waals surface area (Å²) in [4.78, 5) is 36.4. The van der Waals surface area contributed by atoms with E-state index >= 15 is 0 Å². The number of hydrogen-bond acceptors (Lipinski definition) is 7. The predicted molar refractivity (Wildman–Crippen MR) is 106 cm³/mol. The first-order valence-corrected chi connectivity index (χ1v) is 9.93. The maximum absolute atomic E-state index is 11.6. The lowest BCUT2D eigenvalue weighted by Crippen LogP contribution is -2.49. The fourth-order valence-corrected chi connectivity index (χ4v) is 3.60. The molecule has 3 saturated heterocycles. The van der Waals surface area contributed by atoms with E-state index in [9.17, 15) is 9.59 Å². The van der Waals surface area contributed by atoms with Crippen LogP contribution in [0.3, 0.4) is 0 Å². The standard InChI is InChI=1S/C17H22N6O3.C2H6/c24-15-14(20-17(25)21-15)11-12-1-4-18-16(19-12)23-5-2-13(3-6-23)22-7-9-26-10-8-22;1-2/h1,4,11,13H,2-3,5-10H2,(H2,20,21,24,25);1-2H3/b14-11-;. The Hall–Kier alpha value is -2.52. The van der Waals surface area contributed by atoms with Crippen LogP contribution < -0.4 is 15.5 Å². The number of imide groups is 1. The van der Waals surface area contributed by atoms with Crippen molar-refractivity contribution in [2.75, 3.05) is 44.3 Å². The van der Waals surface area contributed by atoms with Crippen molar-refractivity contribution in [1.82, 2.24) is 25.5 Å². The number of amides is 3. The van der Waals surface area contributed by atoms with Crippen molar-refractivity contribution < 1.29 is 14.3 Å². The van der Waals surface area contributed by atoms with Gasteiger partial charge in [-0.05, 0) is 25.0 Å². The highest BCUT2D eigenvalue weighted by Gasteiger charge is 2.27. The first kappa shape index (κ1) is 20.2. The number of anilines is 1. The third-order valence-electron chi connectivity index (χ3n) is 4.99. The van der Waals surface area contributed by atoms with Crippen LogP contribution >= 0.6 is 0 Å². The average molecular weight is 388 g/mol. The number of ether oxygens (including phenoxy) is 1. The van der Waals surface area contributed by atoms with Crippen LogP contribution in [0, 0.1) is 0 Å². The molecule has 0 spiro atoms. The molecule has 152 valence electrons. The summed E-state index contributed by atoms with van der Waals surface area (Å²) in [5, 5.41) is 4.64. The zero-order valence-electron chi connectivity index (χ0n) is 16.5. The van der Waals surface area contributed by atoms with Crippen LogP contribution in [0.5, 0.6) is 0 Å². The number of aromatic nitrogens is 2. The largest absolute Gasteiger partial charge is 0.379 e. The number of nitrogens with zero attached hydrogens (tertiary/aromatic N) is 4. The minimum atomic E-state index is -0.513. The number of nitrogens with one attached hydrogen (secondary N) is 2. The molecular weight excluding hydrogens is 360 g/mol. The maximum atomic E-state index is 11.6. The average Bonchev–Trinajstić information content (AvgIpc) is 3.07. The Kier molecular flexibility index (Phi) is 6.94. The number of rotatable bonds is 3. The van der Waals surface area contributed by atoms with Crippen LogP contribution in [0.25, 0.3) is 6.08 Å². The van der Waals surface area contributed by atoms with Crippen molar-refractivity contribution in [3.8, 4) is 0 Å². The molecule has 0 atom stereocenters. The second-order valence-electron chi connectivity index (χ2n) is 6.61. The van der Waals surface area contributed by atoms with Gasteiger partial charge < -0.3 is 15.0 Å². The fraction of sp³-hybridized carbons (Fsp3) is 0.579. The lowest BCUT2D eigenvalue weighted by atomic mass is 10.0. The van der Waals surface area contributed by atoms with Gasteiger partial charge >= 0.3 is 6.03 Å². The number of hydrogen-bond donors (Lipinski definition) is 2. The Morgan fingerprint density at radius 3 is 2.46 bits per heavy atom. The molecule has 2 N–H and O–H groups in total. The first-order valence-electron chi connectivity index (χ1n) is 9.93. The molecular formula is C19H28N6O3. The molecule has 3 aliphatic rings. The van der Waals surface area contributed by atoms with Crippen molar-refractivity contribution in [2.45, 2.75) is 32.7 Å². The predicted octanol–water partition coefficient (Wildman–Crippen LogP) is 0.984. The number of carbonyl (C=O) groups excluding carboxylic acids is 2. The molecule has 3 aliphatic heterocycles. The van der Waals surface area contributed by atoms with Gasteiger partial charge in [0, 0.05) is 38.4 Å². The van der Waals surface area contributed by atoms with Gasteiger partial charge in [0.25, 0.3) is 5.91 Å². The Morgan fingerprint density at radius 1 is 1.11 bits per heavy atom. The summed E-state index contributed by atoms with van der Waals surface area (Å²) in [6.07, 6.45) is 5.39. The Balaban J connectivity index is 0.00000109. The maximum Gasteiger partial charge on any atom is 0.326 e. The molecule has 1 aromatic heterocycles. The Bertz CT molecular complexity index is 724. The fourth-order valence-electron chi connectivity index (χ4n) is 3.60. The minimum Gasteiger partial charge on any atom is -0.379 e. The van der Waals surface area contributed by atoms with Crippen molar-refractivity contribution in [3.05, 3.63) is 23.7 Å². The highest BCUT2D eigenvalue weighted by atomic mass is 16.5. The van der Waals surface area contributed by atoms with E-state index in [1.54, 1.807) is 18.3 Å². The van der Waals surface area contributed by atoms with Gasteiger partial charge in [-0.15, -0.1) is 0 Å². The summed E-state index contributed by atoms with van der Waals surface area (Å²) in [5.41, 5.74) is 0.795. The van der Waals surface area contributed by atoms with Crippen LogP contribution in [-0.2, 0) is 9.53 Å². The van der Waals surface area contributed by atoms with E-state index in [0.29, 0.717) is 17.7 Å². The van der Waals surface area contributed by atoms with Gasteiger partial charge in [-0.1, -0.05) is 13.8 Å². The van der Waals surface area contributed by atoms with Crippen LogP contribution in [0.1, 0.15) is 32.4 Å². The summed E-state index contributed by atoms with van der Waals surface area (Å²) in [7, 11) is 0. The summed E-state index contributed by atoms with van der Waals surface area (Å²) in [6.45, 7) is 9.48. The second kappa shape index (κ2) is 9.61. The summed E-state index contributed by atoms with van der Waals surface area (Å²) < 4.78 is 5.43. The van der Waals surface area contributed by atoms with Gasteiger partial charge in [-0.3, -0.25) is 15.0 Å². The van der Waals surface area contributed by atoms with Crippen LogP contribution in [0.4, 0.5) is 10.7 Å². The molecule has 0 radical (unpaired) electrons. The van der Waals surface area contributed by atoms with E-state index in [0.717, 1.165) is 52.2 Å². The highest BCUT2D eigenvalue weighted by Crippen LogP contribution is 2.21. The molecule has 4 heterocycles. The molecule has 0 bridgehead atoms. The zero-order valence-corrected chi connectivity index (χ0v) is 16.5. The third-order valence-corrected chi connectivity index (χ3v) is 4.99.